The quantitative estimate of drug-likeness (QED) is 0.382. The molecule has 5 rings (SSSR count). The summed E-state index contributed by atoms with van der Waals surface area (Å²) in [4.78, 5) is 44.6. The summed E-state index contributed by atoms with van der Waals surface area (Å²) in [7, 11) is 3.71. The van der Waals surface area contributed by atoms with Gasteiger partial charge in [-0.25, -0.2) is 0 Å². The number of anilines is 3. The number of nitrogens with zero attached hydrogens (tertiary/aromatic N) is 3. The average Bonchev–Trinajstić information content (AvgIpc) is 3.27. The van der Waals surface area contributed by atoms with Crippen LogP contribution in [0.4, 0.5) is 17.1 Å². The molecule has 0 aromatic heterocycles. The molecular formula is C30H31ClN6O3. The maximum absolute atomic E-state index is 13.1. The zero-order chi connectivity index (χ0) is 28.4. The van der Waals surface area contributed by atoms with Gasteiger partial charge in [-0.3, -0.25) is 19.3 Å². The van der Waals surface area contributed by atoms with Crippen LogP contribution in [-0.4, -0.2) is 74.3 Å². The van der Waals surface area contributed by atoms with Gasteiger partial charge in [0.1, 0.15) is 0 Å². The van der Waals surface area contributed by atoms with Gasteiger partial charge in [0.25, 0.3) is 11.8 Å². The highest BCUT2D eigenvalue weighted by molar-refractivity contribution is 6.38. The smallest absolute Gasteiger partial charge is 0.258 e. The van der Waals surface area contributed by atoms with Crippen molar-refractivity contribution in [3.8, 4) is 0 Å². The summed E-state index contributed by atoms with van der Waals surface area (Å²) < 4.78 is 0. The molecule has 0 radical (unpaired) electrons. The first-order chi connectivity index (χ1) is 19.2. The molecule has 1 saturated heterocycles. The number of carbonyl (C=O) groups excluding carboxylic acids is 3. The summed E-state index contributed by atoms with van der Waals surface area (Å²) in [5, 5.41) is 6.74. The number of carbonyl (C=O) groups is 3. The number of primary amides is 1. The van der Waals surface area contributed by atoms with Crippen molar-refractivity contribution in [1.82, 2.24) is 9.80 Å². The molecule has 0 atom stereocenters. The molecule has 10 heteroatoms. The van der Waals surface area contributed by atoms with E-state index in [1.165, 1.54) is 4.90 Å². The topological polar surface area (TPSA) is 111 Å². The summed E-state index contributed by atoms with van der Waals surface area (Å²) >= 11 is 6.16. The SMILES string of the molecule is CN1CCN(CC(=O)N(C)c2ccc(N/C(=C3\C(=O)Nc4cc(Cl)ccc43)c3ccccc3)cc2C(N)=O)CC1. The second-order valence-corrected chi connectivity index (χ2v) is 10.4. The van der Waals surface area contributed by atoms with Gasteiger partial charge in [0.05, 0.1) is 34.8 Å². The predicted octanol–water partition coefficient (Wildman–Crippen LogP) is 3.58. The number of nitrogens with two attached hydrogens (primary N) is 1. The van der Waals surface area contributed by atoms with Crippen molar-refractivity contribution in [2.75, 3.05) is 62.4 Å². The van der Waals surface area contributed by atoms with Crippen molar-refractivity contribution in [1.29, 1.82) is 0 Å². The highest BCUT2D eigenvalue weighted by Crippen LogP contribution is 2.39. The van der Waals surface area contributed by atoms with E-state index < -0.39 is 5.91 Å². The van der Waals surface area contributed by atoms with Crippen molar-refractivity contribution in [2.45, 2.75) is 0 Å². The van der Waals surface area contributed by atoms with Gasteiger partial charge in [-0.05, 0) is 42.9 Å². The lowest BCUT2D eigenvalue weighted by Gasteiger charge is -2.33. The maximum atomic E-state index is 13.1. The third-order valence-electron chi connectivity index (χ3n) is 7.26. The molecule has 206 valence electrons. The van der Waals surface area contributed by atoms with Gasteiger partial charge in [-0.15, -0.1) is 0 Å². The molecular weight excluding hydrogens is 528 g/mol. The van der Waals surface area contributed by atoms with Crippen LogP contribution < -0.4 is 21.3 Å². The van der Waals surface area contributed by atoms with E-state index in [2.05, 4.69) is 27.5 Å². The van der Waals surface area contributed by atoms with Crippen molar-refractivity contribution < 1.29 is 14.4 Å². The molecule has 0 aliphatic carbocycles. The van der Waals surface area contributed by atoms with Gasteiger partial charge in [-0.2, -0.15) is 0 Å². The summed E-state index contributed by atoms with van der Waals surface area (Å²) in [5.74, 6) is -1.06. The third kappa shape index (κ3) is 5.72. The Hall–Kier alpha value is -4.18. The molecule has 2 heterocycles. The number of piperazine rings is 1. The minimum atomic E-state index is -0.662. The Balaban J connectivity index is 1.48. The van der Waals surface area contributed by atoms with E-state index in [4.69, 9.17) is 17.3 Å². The highest BCUT2D eigenvalue weighted by atomic mass is 35.5. The molecule has 1 fully saturated rings. The van der Waals surface area contributed by atoms with Gasteiger partial charge in [0.2, 0.25) is 5.91 Å². The number of nitrogens with one attached hydrogen (secondary N) is 2. The minimum Gasteiger partial charge on any atom is -0.366 e. The first kappa shape index (κ1) is 27.4. The fourth-order valence-electron chi connectivity index (χ4n) is 4.96. The van der Waals surface area contributed by atoms with Gasteiger partial charge in [-0.1, -0.05) is 48.0 Å². The molecule has 0 bridgehead atoms. The summed E-state index contributed by atoms with van der Waals surface area (Å²) in [5.41, 5.74) is 10.0. The number of fused-ring (bicyclic) bond motifs is 1. The van der Waals surface area contributed by atoms with Crippen LogP contribution in [0.1, 0.15) is 21.5 Å². The summed E-state index contributed by atoms with van der Waals surface area (Å²) in [6.45, 7) is 3.67. The number of halogens is 1. The first-order valence-corrected chi connectivity index (χ1v) is 13.4. The lowest BCUT2D eigenvalue weighted by Crippen LogP contribution is -2.48. The zero-order valence-corrected chi connectivity index (χ0v) is 23.2. The van der Waals surface area contributed by atoms with E-state index >= 15 is 0 Å². The molecule has 40 heavy (non-hydrogen) atoms. The second kappa shape index (κ2) is 11.5. The number of benzene rings is 3. The van der Waals surface area contributed by atoms with Crippen LogP contribution in [0.25, 0.3) is 11.3 Å². The van der Waals surface area contributed by atoms with Crippen molar-refractivity contribution in [3.63, 3.8) is 0 Å². The Bertz CT molecular complexity index is 1500. The van der Waals surface area contributed by atoms with E-state index in [1.807, 2.05) is 30.3 Å². The number of hydrogen-bond donors (Lipinski definition) is 3. The van der Waals surface area contributed by atoms with Crippen molar-refractivity contribution in [2.24, 2.45) is 5.73 Å². The first-order valence-electron chi connectivity index (χ1n) is 13.0. The van der Waals surface area contributed by atoms with Crippen LogP contribution in [0.15, 0.2) is 66.7 Å². The molecule has 4 N–H and O–H groups in total. The number of amides is 3. The predicted molar refractivity (Wildman–Crippen MR) is 159 cm³/mol. The van der Waals surface area contributed by atoms with Crippen LogP contribution in [0.5, 0.6) is 0 Å². The van der Waals surface area contributed by atoms with Crippen LogP contribution in [0, 0.1) is 0 Å². The van der Waals surface area contributed by atoms with Crippen LogP contribution in [0.3, 0.4) is 0 Å². The maximum Gasteiger partial charge on any atom is 0.258 e. The van der Waals surface area contributed by atoms with E-state index in [0.29, 0.717) is 38.9 Å². The fraction of sp³-hybridized carbons (Fsp3) is 0.233. The number of likely N-dealkylation sites (N-methyl/N-ethyl adjacent to an activating group) is 2. The normalized spacial score (nSPS) is 16.7. The largest absolute Gasteiger partial charge is 0.366 e. The fourth-order valence-corrected chi connectivity index (χ4v) is 5.13. The Morgan fingerprint density at radius 1 is 1.02 bits per heavy atom. The molecule has 0 unspecified atom stereocenters. The Kier molecular flexibility index (Phi) is 7.88. The average molecular weight is 559 g/mol. The van der Waals surface area contributed by atoms with E-state index in [0.717, 1.165) is 31.7 Å². The summed E-state index contributed by atoms with van der Waals surface area (Å²) in [6.07, 6.45) is 0. The number of hydrogen-bond acceptors (Lipinski definition) is 6. The minimum absolute atomic E-state index is 0.127. The Labute approximate surface area is 238 Å². The van der Waals surface area contributed by atoms with E-state index in [-0.39, 0.29) is 23.9 Å². The Morgan fingerprint density at radius 2 is 1.75 bits per heavy atom. The zero-order valence-electron chi connectivity index (χ0n) is 22.4. The van der Waals surface area contributed by atoms with Crippen LogP contribution in [-0.2, 0) is 9.59 Å². The lowest BCUT2D eigenvalue weighted by molar-refractivity contribution is -0.119. The molecule has 0 saturated carbocycles. The van der Waals surface area contributed by atoms with Crippen LogP contribution in [0.2, 0.25) is 5.02 Å². The van der Waals surface area contributed by atoms with Crippen molar-refractivity contribution in [3.05, 3.63) is 88.4 Å². The van der Waals surface area contributed by atoms with Gasteiger partial charge in [0, 0.05) is 49.5 Å². The Morgan fingerprint density at radius 3 is 2.45 bits per heavy atom. The molecule has 0 spiro atoms. The standard InChI is InChI=1S/C30H31ClN6O3/c1-35-12-14-37(15-13-35)18-26(38)36(2)25-11-9-21(17-23(25)29(32)39)33-28(19-6-4-3-5-7-19)27-22-10-8-20(31)16-24(22)34-30(27)40/h3-11,16-17,33H,12-15,18H2,1-2H3,(H2,32,39)(H,34,40)/b28-27-. The van der Waals surface area contributed by atoms with Gasteiger partial charge >= 0.3 is 0 Å². The molecule has 9 nitrogen and oxygen atoms in total. The monoisotopic (exact) mass is 558 g/mol. The van der Waals surface area contributed by atoms with Crippen molar-refractivity contribution >= 4 is 57.7 Å². The number of rotatable bonds is 7. The molecule has 3 aromatic rings. The third-order valence-corrected chi connectivity index (χ3v) is 7.50. The van der Waals surface area contributed by atoms with Gasteiger partial charge < -0.3 is 26.2 Å². The van der Waals surface area contributed by atoms with E-state index in [1.54, 1.807) is 43.4 Å². The summed E-state index contributed by atoms with van der Waals surface area (Å²) in [6, 6.07) is 19.7. The molecule has 2 aliphatic heterocycles. The van der Waals surface area contributed by atoms with Gasteiger partial charge in [0.15, 0.2) is 0 Å². The second-order valence-electron chi connectivity index (χ2n) is 10.0. The molecule has 3 amide bonds. The van der Waals surface area contributed by atoms with E-state index in [9.17, 15) is 14.4 Å². The molecule has 3 aromatic carbocycles. The highest BCUT2D eigenvalue weighted by Gasteiger charge is 2.29. The van der Waals surface area contributed by atoms with Crippen LogP contribution >= 0.6 is 11.6 Å². The lowest BCUT2D eigenvalue weighted by atomic mass is 10.00. The molecule has 2 aliphatic rings.